The molecule has 0 unspecified atom stereocenters. The zero-order valence-electron chi connectivity index (χ0n) is 15.4. The number of unbranched alkanes of at least 4 members (excludes halogenated alkanes) is 5. The van der Waals surface area contributed by atoms with E-state index in [0.717, 1.165) is 37.3 Å². The van der Waals surface area contributed by atoms with E-state index in [2.05, 4.69) is 18.0 Å². The number of rotatable bonds is 11. The maximum absolute atomic E-state index is 10.3. The molecule has 4 nitrogen and oxygen atoms in total. The fourth-order valence-electron chi connectivity index (χ4n) is 2.78. The Kier molecular flexibility index (Phi) is 8.40. The molecule has 0 aliphatic heterocycles. The van der Waals surface area contributed by atoms with Gasteiger partial charge in [-0.1, -0.05) is 55.7 Å². The minimum Gasteiger partial charge on any atom is -0.478 e. The first-order chi connectivity index (χ1) is 12.7. The topological polar surface area (TPSA) is 59.4 Å². The number of carboxylic acids is 1. The van der Waals surface area contributed by atoms with Crippen LogP contribution in [-0.4, -0.2) is 22.7 Å². The summed E-state index contributed by atoms with van der Waals surface area (Å²) < 4.78 is 5.81. The van der Waals surface area contributed by atoms with Gasteiger partial charge in [-0.05, 0) is 37.8 Å². The zero-order valence-corrected chi connectivity index (χ0v) is 15.4. The van der Waals surface area contributed by atoms with Crippen molar-refractivity contribution in [2.24, 2.45) is 0 Å². The van der Waals surface area contributed by atoms with Gasteiger partial charge in [-0.25, -0.2) is 9.78 Å². The highest BCUT2D eigenvalue weighted by Gasteiger charge is 2.02. The van der Waals surface area contributed by atoms with Gasteiger partial charge in [0.1, 0.15) is 0 Å². The van der Waals surface area contributed by atoms with E-state index in [1.165, 1.54) is 23.8 Å². The molecule has 2 rings (SSSR count). The van der Waals surface area contributed by atoms with Crippen LogP contribution in [0.3, 0.4) is 0 Å². The second kappa shape index (κ2) is 11.1. The second-order valence-corrected chi connectivity index (χ2v) is 6.32. The molecular weight excluding hydrogens is 326 g/mol. The number of ether oxygens (including phenoxy) is 1. The Bertz CT molecular complexity index is 765. The van der Waals surface area contributed by atoms with Crippen LogP contribution in [0.25, 0.3) is 10.9 Å². The average Bonchev–Trinajstić information content (AvgIpc) is 2.62. The molecule has 4 heteroatoms. The summed E-state index contributed by atoms with van der Waals surface area (Å²) in [5.41, 5.74) is 2.17. The molecule has 2 aromatic rings. The number of hydrogen-bond acceptors (Lipinski definition) is 3. The molecule has 0 aliphatic rings. The number of hydrogen-bond donors (Lipinski definition) is 1. The Morgan fingerprint density at radius 3 is 2.73 bits per heavy atom. The SMILES string of the molecule is Cc1cc(OCCCCCCCC=CC=CC(=O)O)nc2ccccc12. The fourth-order valence-corrected chi connectivity index (χ4v) is 2.78. The van der Waals surface area contributed by atoms with Crippen molar-refractivity contribution in [3.8, 4) is 5.88 Å². The van der Waals surface area contributed by atoms with Gasteiger partial charge in [0.15, 0.2) is 0 Å². The molecule has 0 aliphatic carbocycles. The molecule has 1 N–H and O–H groups in total. The summed E-state index contributed by atoms with van der Waals surface area (Å²) in [6, 6.07) is 10.1. The molecule has 0 saturated carbocycles. The van der Waals surface area contributed by atoms with Crippen molar-refractivity contribution >= 4 is 16.9 Å². The molecule has 26 heavy (non-hydrogen) atoms. The predicted octanol–water partition coefficient (Wildman–Crippen LogP) is 5.46. The highest BCUT2D eigenvalue weighted by molar-refractivity contribution is 5.82. The lowest BCUT2D eigenvalue weighted by Crippen LogP contribution is -2.00. The Morgan fingerprint density at radius 2 is 1.88 bits per heavy atom. The largest absolute Gasteiger partial charge is 0.478 e. The van der Waals surface area contributed by atoms with E-state index in [0.29, 0.717) is 12.5 Å². The first kappa shape index (κ1) is 19.7. The highest BCUT2D eigenvalue weighted by atomic mass is 16.5. The van der Waals surface area contributed by atoms with E-state index in [1.54, 1.807) is 12.2 Å². The van der Waals surface area contributed by atoms with Crippen molar-refractivity contribution in [3.63, 3.8) is 0 Å². The monoisotopic (exact) mass is 353 g/mol. The quantitative estimate of drug-likeness (QED) is 0.331. The normalized spacial score (nSPS) is 11.6. The molecule has 0 spiro atoms. The van der Waals surface area contributed by atoms with E-state index >= 15 is 0 Å². The summed E-state index contributed by atoms with van der Waals surface area (Å²) in [5, 5.41) is 9.63. The van der Waals surface area contributed by atoms with E-state index in [9.17, 15) is 4.79 Å². The standard InChI is InChI=1S/C22H27NO3/c1-18-17-21(23-20-14-11-10-13-19(18)20)26-16-12-8-6-4-2-3-5-7-9-15-22(24)25/h5,7,9-11,13-15,17H,2-4,6,8,12,16H2,1H3,(H,24,25). The molecule has 0 bridgehead atoms. The van der Waals surface area contributed by atoms with Gasteiger partial charge in [-0.15, -0.1) is 0 Å². The van der Waals surface area contributed by atoms with Crippen LogP contribution in [0, 0.1) is 6.92 Å². The maximum Gasteiger partial charge on any atom is 0.328 e. The van der Waals surface area contributed by atoms with Crippen molar-refractivity contribution in [2.75, 3.05) is 6.61 Å². The van der Waals surface area contributed by atoms with Crippen LogP contribution in [0.15, 0.2) is 54.6 Å². The van der Waals surface area contributed by atoms with Crippen LogP contribution < -0.4 is 4.74 Å². The Balaban J connectivity index is 1.56. The van der Waals surface area contributed by atoms with Crippen LogP contribution in [0.1, 0.15) is 44.1 Å². The number of para-hydroxylation sites is 1. The second-order valence-electron chi connectivity index (χ2n) is 6.32. The summed E-state index contributed by atoms with van der Waals surface area (Å²) in [4.78, 5) is 14.8. The van der Waals surface area contributed by atoms with Gasteiger partial charge in [0.2, 0.25) is 5.88 Å². The third-order valence-electron chi connectivity index (χ3n) is 4.15. The zero-order chi connectivity index (χ0) is 18.6. The Labute approximate surface area is 155 Å². The molecule has 0 atom stereocenters. The van der Waals surface area contributed by atoms with E-state index in [4.69, 9.17) is 9.84 Å². The summed E-state index contributed by atoms with van der Waals surface area (Å²) >= 11 is 0. The first-order valence-electron chi connectivity index (χ1n) is 9.22. The number of nitrogens with zero attached hydrogens (tertiary/aromatic N) is 1. The molecule has 0 saturated heterocycles. The molecular formula is C22H27NO3. The third kappa shape index (κ3) is 7.09. The maximum atomic E-state index is 10.3. The minimum atomic E-state index is -0.911. The lowest BCUT2D eigenvalue weighted by Gasteiger charge is -2.08. The highest BCUT2D eigenvalue weighted by Crippen LogP contribution is 2.21. The predicted molar refractivity (Wildman–Crippen MR) is 106 cm³/mol. The molecule has 138 valence electrons. The number of carboxylic acid groups (broad SMARTS) is 1. The van der Waals surface area contributed by atoms with Gasteiger partial charge in [-0.2, -0.15) is 0 Å². The van der Waals surface area contributed by atoms with Gasteiger partial charge in [0.25, 0.3) is 0 Å². The average molecular weight is 353 g/mol. The summed E-state index contributed by atoms with van der Waals surface area (Å²) in [5.74, 6) is -0.202. The molecule has 0 fully saturated rings. The number of pyridine rings is 1. The van der Waals surface area contributed by atoms with Crippen LogP contribution in [0.5, 0.6) is 5.88 Å². The number of aliphatic carboxylic acids is 1. The van der Waals surface area contributed by atoms with Gasteiger partial charge in [0.05, 0.1) is 12.1 Å². The molecule has 0 amide bonds. The number of benzene rings is 1. The molecule has 1 aromatic carbocycles. The lowest BCUT2D eigenvalue weighted by molar-refractivity contribution is -0.131. The smallest absolute Gasteiger partial charge is 0.328 e. The molecule has 1 heterocycles. The van der Waals surface area contributed by atoms with Crippen LogP contribution in [0.2, 0.25) is 0 Å². The van der Waals surface area contributed by atoms with E-state index in [-0.39, 0.29) is 0 Å². The van der Waals surface area contributed by atoms with E-state index < -0.39 is 5.97 Å². The number of aromatic nitrogens is 1. The Hall–Kier alpha value is -2.62. The third-order valence-corrected chi connectivity index (χ3v) is 4.15. The van der Waals surface area contributed by atoms with Crippen molar-refractivity contribution in [3.05, 3.63) is 60.2 Å². The van der Waals surface area contributed by atoms with Crippen molar-refractivity contribution in [1.82, 2.24) is 4.98 Å². The van der Waals surface area contributed by atoms with Gasteiger partial charge >= 0.3 is 5.97 Å². The number of fused-ring (bicyclic) bond motifs is 1. The minimum absolute atomic E-state index is 0.699. The number of aryl methyl sites for hydroxylation is 1. The summed E-state index contributed by atoms with van der Waals surface area (Å²) in [6.07, 6.45) is 13.2. The molecule has 0 radical (unpaired) electrons. The first-order valence-corrected chi connectivity index (χ1v) is 9.22. The van der Waals surface area contributed by atoms with Crippen molar-refractivity contribution in [2.45, 2.75) is 45.4 Å². The summed E-state index contributed by atoms with van der Waals surface area (Å²) in [7, 11) is 0. The van der Waals surface area contributed by atoms with Crippen LogP contribution in [0.4, 0.5) is 0 Å². The van der Waals surface area contributed by atoms with Gasteiger partial charge in [-0.3, -0.25) is 0 Å². The Morgan fingerprint density at radius 1 is 1.12 bits per heavy atom. The number of carbonyl (C=O) groups is 1. The van der Waals surface area contributed by atoms with Crippen LogP contribution in [-0.2, 0) is 4.79 Å². The van der Waals surface area contributed by atoms with Crippen molar-refractivity contribution in [1.29, 1.82) is 0 Å². The molecule has 1 aromatic heterocycles. The van der Waals surface area contributed by atoms with E-state index in [1.807, 2.05) is 30.3 Å². The number of allylic oxidation sites excluding steroid dienone is 3. The fraction of sp³-hybridized carbons (Fsp3) is 0.364. The van der Waals surface area contributed by atoms with Gasteiger partial charge in [0, 0.05) is 17.5 Å². The lowest BCUT2D eigenvalue weighted by atomic mass is 10.1. The van der Waals surface area contributed by atoms with Crippen LogP contribution >= 0.6 is 0 Å². The van der Waals surface area contributed by atoms with Gasteiger partial charge < -0.3 is 9.84 Å². The summed E-state index contributed by atoms with van der Waals surface area (Å²) in [6.45, 7) is 2.79. The van der Waals surface area contributed by atoms with Crippen molar-refractivity contribution < 1.29 is 14.6 Å².